The van der Waals surface area contributed by atoms with Gasteiger partial charge in [0, 0.05) is 6.54 Å². The van der Waals surface area contributed by atoms with Gasteiger partial charge >= 0.3 is 0 Å². The Balaban J connectivity index is 2.33. The summed E-state index contributed by atoms with van der Waals surface area (Å²) in [5.41, 5.74) is 3.23. The van der Waals surface area contributed by atoms with Crippen LogP contribution in [0, 0.1) is 5.41 Å². The average molecular weight is 233 g/mol. The first-order valence-electron chi connectivity index (χ1n) is 6.68. The Labute approximate surface area is 107 Å². The number of nitrogens with one attached hydrogen (secondary N) is 1. The molecule has 0 radical (unpaired) electrons. The first-order valence-corrected chi connectivity index (χ1v) is 6.68. The molecule has 0 atom stereocenters. The van der Waals surface area contributed by atoms with Gasteiger partial charge in [0.15, 0.2) is 0 Å². The Morgan fingerprint density at radius 3 is 2.12 bits per heavy atom. The minimum Gasteiger partial charge on any atom is -0.316 e. The van der Waals surface area contributed by atoms with Crippen LogP contribution in [0.25, 0.3) is 0 Å². The largest absolute Gasteiger partial charge is 0.316 e. The monoisotopic (exact) mass is 233 g/mol. The molecule has 0 aromatic heterocycles. The van der Waals surface area contributed by atoms with E-state index in [4.69, 9.17) is 0 Å². The van der Waals surface area contributed by atoms with Crippen LogP contribution in [-0.2, 0) is 6.42 Å². The molecule has 0 aliphatic heterocycles. The van der Waals surface area contributed by atoms with Crippen molar-refractivity contribution in [1.29, 1.82) is 0 Å². The topological polar surface area (TPSA) is 12.0 Å². The van der Waals surface area contributed by atoms with Crippen LogP contribution < -0.4 is 5.32 Å². The molecule has 1 nitrogen and oxygen atoms in total. The van der Waals surface area contributed by atoms with Crippen molar-refractivity contribution in [2.75, 3.05) is 13.1 Å². The SMILES string of the molecule is CC(C)c1ccc(CCNCC(C)(C)C)cc1. The van der Waals surface area contributed by atoms with Crippen LogP contribution in [0.3, 0.4) is 0 Å². The van der Waals surface area contributed by atoms with Gasteiger partial charge in [0.25, 0.3) is 0 Å². The Kier molecular flexibility index (Phi) is 5.20. The summed E-state index contributed by atoms with van der Waals surface area (Å²) in [4.78, 5) is 0. The molecule has 96 valence electrons. The third-order valence-corrected chi connectivity index (χ3v) is 2.89. The lowest BCUT2D eigenvalue weighted by atomic mass is 9.97. The fraction of sp³-hybridized carbons (Fsp3) is 0.625. The summed E-state index contributed by atoms with van der Waals surface area (Å²) in [5, 5.41) is 3.51. The van der Waals surface area contributed by atoms with E-state index in [9.17, 15) is 0 Å². The first kappa shape index (κ1) is 14.2. The molecule has 1 aromatic carbocycles. The molecule has 1 aromatic rings. The van der Waals surface area contributed by atoms with Crippen LogP contribution in [0.4, 0.5) is 0 Å². The van der Waals surface area contributed by atoms with Crippen molar-refractivity contribution < 1.29 is 0 Å². The second-order valence-electron chi connectivity index (χ2n) is 6.38. The normalized spacial score (nSPS) is 12.1. The zero-order chi connectivity index (χ0) is 12.9. The zero-order valence-electron chi connectivity index (χ0n) is 12.0. The third-order valence-electron chi connectivity index (χ3n) is 2.89. The summed E-state index contributed by atoms with van der Waals surface area (Å²) in [6.45, 7) is 13.4. The van der Waals surface area contributed by atoms with E-state index in [0.717, 1.165) is 19.5 Å². The molecule has 0 spiro atoms. The molecular formula is C16H27N. The molecule has 0 unspecified atom stereocenters. The summed E-state index contributed by atoms with van der Waals surface area (Å²) >= 11 is 0. The Hall–Kier alpha value is -0.820. The van der Waals surface area contributed by atoms with Crippen LogP contribution in [0.15, 0.2) is 24.3 Å². The van der Waals surface area contributed by atoms with Gasteiger partial charge in [-0.2, -0.15) is 0 Å². The van der Waals surface area contributed by atoms with Crippen LogP contribution in [0.1, 0.15) is 51.7 Å². The van der Waals surface area contributed by atoms with E-state index in [0.29, 0.717) is 11.3 Å². The minimum absolute atomic E-state index is 0.376. The van der Waals surface area contributed by atoms with E-state index < -0.39 is 0 Å². The molecule has 0 aliphatic carbocycles. The van der Waals surface area contributed by atoms with Gasteiger partial charge in [0.1, 0.15) is 0 Å². The number of hydrogen-bond acceptors (Lipinski definition) is 1. The maximum Gasteiger partial charge on any atom is 0.000000406 e. The lowest BCUT2D eigenvalue weighted by Gasteiger charge is -2.18. The van der Waals surface area contributed by atoms with Crippen molar-refractivity contribution in [3.05, 3.63) is 35.4 Å². The maximum absolute atomic E-state index is 3.51. The second kappa shape index (κ2) is 6.20. The highest BCUT2D eigenvalue weighted by atomic mass is 14.9. The van der Waals surface area contributed by atoms with Gasteiger partial charge in [-0.3, -0.25) is 0 Å². The number of hydrogen-bond donors (Lipinski definition) is 1. The van der Waals surface area contributed by atoms with Gasteiger partial charge in [-0.1, -0.05) is 58.9 Å². The predicted molar refractivity (Wildman–Crippen MR) is 76.6 cm³/mol. The van der Waals surface area contributed by atoms with Crippen molar-refractivity contribution in [1.82, 2.24) is 5.32 Å². The van der Waals surface area contributed by atoms with Crippen molar-refractivity contribution in [3.63, 3.8) is 0 Å². The molecule has 1 heteroatoms. The maximum atomic E-state index is 3.51. The number of rotatable bonds is 5. The fourth-order valence-corrected chi connectivity index (χ4v) is 1.77. The third kappa shape index (κ3) is 5.88. The van der Waals surface area contributed by atoms with E-state index in [1.165, 1.54) is 11.1 Å². The van der Waals surface area contributed by atoms with E-state index in [1.54, 1.807) is 0 Å². The first-order chi connectivity index (χ1) is 7.88. The van der Waals surface area contributed by atoms with Crippen LogP contribution in [0.2, 0.25) is 0 Å². The molecule has 1 N–H and O–H groups in total. The fourth-order valence-electron chi connectivity index (χ4n) is 1.77. The quantitative estimate of drug-likeness (QED) is 0.758. The molecule has 17 heavy (non-hydrogen) atoms. The van der Waals surface area contributed by atoms with Gasteiger partial charge in [0.2, 0.25) is 0 Å². The average Bonchev–Trinajstić information content (AvgIpc) is 2.24. The Bertz CT molecular complexity index is 316. The van der Waals surface area contributed by atoms with E-state index in [2.05, 4.69) is 64.2 Å². The standard InChI is InChI=1S/C16H27N/c1-13(2)15-8-6-14(7-9-15)10-11-17-12-16(3,4)5/h6-9,13,17H,10-12H2,1-5H3. The summed E-state index contributed by atoms with van der Waals surface area (Å²) in [5.74, 6) is 0.628. The molecule has 0 amide bonds. The molecule has 0 saturated heterocycles. The molecular weight excluding hydrogens is 206 g/mol. The zero-order valence-corrected chi connectivity index (χ0v) is 12.0. The van der Waals surface area contributed by atoms with Crippen molar-refractivity contribution in [3.8, 4) is 0 Å². The smallest absolute Gasteiger partial charge is 0.000000406 e. The minimum atomic E-state index is 0.376. The lowest BCUT2D eigenvalue weighted by Crippen LogP contribution is -2.28. The van der Waals surface area contributed by atoms with Crippen LogP contribution in [0.5, 0.6) is 0 Å². The van der Waals surface area contributed by atoms with Gasteiger partial charge in [-0.25, -0.2) is 0 Å². The molecule has 0 fully saturated rings. The lowest BCUT2D eigenvalue weighted by molar-refractivity contribution is 0.381. The van der Waals surface area contributed by atoms with E-state index >= 15 is 0 Å². The van der Waals surface area contributed by atoms with Crippen LogP contribution >= 0.6 is 0 Å². The summed E-state index contributed by atoms with van der Waals surface area (Å²) in [6, 6.07) is 9.02. The highest BCUT2D eigenvalue weighted by molar-refractivity contribution is 5.24. The summed E-state index contributed by atoms with van der Waals surface area (Å²) in [7, 11) is 0. The highest BCUT2D eigenvalue weighted by Gasteiger charge is 2.08. The molecule has 0 heterocycles. The van der Waals surface area contributed by atoms with Gasteiger partial charge in [-0.05, 0) is 35.4 Å². The summed E-state index contributed by atoms with van der Waals surface area (Å²) in [6.07, 6.45) is 1.12. The van der Waals surface area contributed by atoms with Gasteiger partial charge in [-0.15, -0.1) is 0 Å². The van der Waals surface area contributed by atoms with E-state index in [-0.39, 0.29) is 0 Å². The highest BCUT2D eigenvalue weighted by Crippen LogP contribution is 2.15. The Morgan fingerprint density at radius 1 is 1.06 bits per heavy atom. The van der Waals surface area contributed by atoms with Gasteiger partial charge in [0.05, 0.1) is 0 Å². The second-order valence-corrected chi connectivity index (χ2v) is 6.38. The van der Waals surface area contributed by atoms with Crippen molar-refractivity contribution >= 4 is 0 Å². The molecule has 0 aliphatic rings. The van der Waals surface area contributed by atoms with Crippen molar-refractivity contribution in [2.24, 2.45) is 5.41 Å². The Morgan fingerprint density at radius 2 is 1.65 bits per heavy atom. The summed E-state index contributed by atoms with van der Waals surface area (Å²) < 4.78 is 0. The number of benzene rings is 1. The van der Waals surface area contributed by atoms with Crippen LogP contribution in [-0.4, -0.2) is 13.1 Å². The molecule has 0 saturated carbocycles. The van der Waals surface area contributed by atoms with Crippen molar-refractivity contribution in [2.45, 2.75) is 47.0 Å². The van der Waals surface area contributed by atoms with E-state index in [1.807, 2.05) is 0 Å². The van der Waals surface area contributed by atoms with Gasteiger partial charge < -0.3 is 5.32 Å². The molecule has 0 bridgehead atoms. The predicted octanol–water partition coefficient (Wildman–Crippen LogP) is 3.99. The molecule has 1 rings (SSSR count).